The monoisotopic (exact) mass is 594 g/mol. The number of benzene rings is 2. The molecule has 4 aromatic rings. The van der Waals surface area contributed by atoms with Gasteiger partial charge in [-0.2, -0.15) is 18.2 Å². The molecular weight excluding hydrogens is 569 g/mol. The molecule has 40 heavy (non-hydrogen) atoms. The van der Waals surface area contributed by atoms with Gasteiger partial charge in [0.15, 0.2) is 15.7 Å². The Morgan fingerprint density at radius 3 is 2.23 bits per heavy atom. The van der Waals surface area contributed by atoms with E-state index in [9.17, 15) is 30.0 Å². The minimum absolute atomic E-state index is 0.00412. The summed E-state index contributed by atoms with van der Waals surface area (Å²) in [5.41, 5.74) is 2.26. The molecule has 0 amide bonds. The third-order valence-corrected chi connectivity index (χ3v) is 8.10. The van der Waals surface area contributed by atoms with E-state index in [0.29, 0.717) is 22.4 Å². The number of aromatic nitrogens is 3. The number of alkyl halides is 3. The lowest BCUT2D eigenvalue weighted by molar-refractivity contribution is -0.115. The maximum atomic E-state index is 13.1. The molecule has 0 saturated heterocycles. The third kappa shape index (κ3) is 6.84. The largest absolute Gasteiger partial charge is 0.405 e. The van der Waals surface area contributed by atoms with Crippen molar-refractivity contribution in [2.24, 2.45) is 5.14 Å². The molecule has 4 N–H and O–H groups in total. The number of nitrogens with zero attached hydrogens (tertiary/aromatic N) is 3. The van der Waals surface area contributed by atoms with E-state index in [2.05, 4.69) is 25.6 Å². The molecule has 0 saturated carbocycles. The number of sulfone groups is 1. The third-order valence-electron chi connectivity index (χ3n) is 5.94. The van der Waals surface area contributed by atoms with Gasteiger partial charge in [0.25, 0.3) is 0 Å². The number of halogens is 3. The first-order valence-electron chi connectivity index (χ1n) is 11.7. The normalized spacial score (nSPS) is 13.3. The van der Waals surface area contributed by atoms with Crippen LogP contribution >= 0.6 is 0 Å². The summed E-state index contributed by atoms with van der Waals surface area (Å²) in [5.74, 6) is -0.177. The van der Waals surface area contributed by atoms with Crippen molar-refractivity contribution in [3.63, 3.8) is 0 Å². The summed E-state index contributed by atoms with van der Waals surface area (Å²) < 4.78 is 86.6. The van der Waals surface area contributed by atoms with E-state index in [4.69, 9.17) is 5.14 Å². The Morgan fingerprint density at radius 2 is 1.62 bits per heavy atom. The molecule has 1 unspecified atom stereocenters. The summed E-state index contributed by atoms with van der Waals surface area (Å²) in [4.78, 5) is 13.1. The number of nitrogens with one attached hydrogen (secondary N) is 2. The minimum atomic E-state index is -4.54. The standard InChI is InChI=1S/C25H25F3N6O4S2/c1-14-4-5-17(12-21(14)39(3,35)36)19-10-11-20-22(32-19)23(30-13-25(26,27)28)34-24(33-20)31-15(2)16-6-8-18(9-7-16)40(29,37)38/h4-12,15H,13H2,1-3H3,(H2,29,37,38)(H2,30,31,33,34). The van der Waals surface area contributed by atoms with Gasteiger partial charge in [-0.25, -0.2) is 31.9 Å². The van der Waals surface area contributed by atoms with Gasteiger partial charge in [-0.3, -0.25) is 0 Å². The van der Waals surface area contributed by atoms with Crippen LogP contribution < -0.4 is 15.8 Å². The predicted molar refractivity (Wildman–Crippen MR) is 145 cm³/mol. The highest BCUT2D eigenvalue weighted by atomic mass is 32.2. The summed E-state index contributed by atoms with van der Waals surface area (Å²) in [5, 5.41) is 10.4. The highest BCUT2D eigenvalue weighted by molar-refractivity contribution is 7.90. The molecular formula is C25H25F3N6O4S2. The van der Waals surface area contributed by atoms with E-state index in [1.165, 1.54) is 18.2 Å². The van der Waals surface area contributed by atoms with Gasteiger partial charge in [0.1, 0.15) is 12.1 Å². The van der Waals surface area contributed by atoms with Gasteiger partial charge in [0.05, 0.1) is 27.0 Å². The molecule has 0 aliphatic heterocycles. The van der Waals surface area contributed by atoms with E-state index in [1.807, 2.05) is 0 Å². The maximum absolute atomic E-state index is 13.1. The molecule has 0 aliphatic rings. The molecule has 2 aromatic carbocycles. The quantitative estimate of drug-likeness (QED) is 0.272. The van der Waals surface area contributed by atoms with Gasteiger partial charge >= 0.3 is 6.18 Å². The number of hydrogen-bond donors (Lipinski definition) is 3. The molecule has 10 nitrogen and oxygen atoms in total. The van der Waals surface area contributed by atoms with Crippen molar-refractivity contribution in [3.05, 3.63) is 65.7 Å². The number of fused-ring (bicyclic) bond motifs is 1. The Kier molecular flexibility index (Phi) is 7.75. The Labute approximate surface area is 228 Å². The average Bonchev–Trinajstić information content (AvgIpc) is 2.85. The lowest BCUT2D eigenvalue weighted by Crippen LogP contribution is -2.22. The topological polar surface area (TPSA) is 157 Å². The van der Waals surface area contributed by atoms with Crippen molar-refractivity contribution in [1.29, 1.82) is 0 Å². The Morgan fingerprint density at radius 1 is 0.950 bits per heavy atom. The van der Waals surface area contributed by atoms with Crippen molar-refractivity contribution >= 4 is 42.7 Å². The zero-order chi connectivity index (χ0) is 29.5. The number of nitrogens with two attached hydrogens (primary N) is 1. The molecule has 0 aliphatic carbocycles. The smallest absolute Gasteiger partial charge is 0.359 e. The molecule has 1 atom stereocenters. The fourth-order valence-corrected chi connectivity index (χ4v) is 5.44. The fourth-order valence-electron chi connectivity index (χ4n) is 3.93. The van der Waals surface area contributed by atoms with Gasteiger partial charge in [0, 0.05) is 11.8 Å². The summed E-state index contributed by atoms with van der Waals surface area (Å²) in [6.45, 7) is 2.02. The first-order chi connectivity index (χ1) is 18.5. The molecule has 212 valence electrons. The highest BCUT2D eigenvalue weighted by Gasteiger charge is 2.28. The number of sulfonamides is 1. The van der Waals surface area contributed by atoms with E-state index in [0.717, 1.165) is 6.26 Å². The zero-order valence-electron chi connectivity index (χ0n) is 21.5. The van der Waals surface area contributed by atoms with Crippen molar-refractivity contribution in [2.45, 2.75) is 35.9 Å². The van der Waals surface area contributed by atoms with Crippen LogP contribution in [0.1, 0.15) is 24.1 Å². The van der Waals surface area contributed by atoms with Crippen molar-refractivity contribution < 1.29 is 30.0 Å². The van der Waals surface area contributed by atoms with Gasteiger partial charge in [0.2, 0.25) is 16.0 Å². The van der Waals surface area contributed by atoms with E-state index < -0.39 is 38.6 Å². The van der Waals surface area contributed by atoms with Gasteiger partial charge in [-0.05, 0) is 55.3 Å². The summed E-state index contributed by atoms with van der Waals surface area (Å²) in [6, 6.07) is 13.2. The highest BCUT2D eigenvalue weighted by Crippen LogP contribution is 2.29. The summed E-state index contributed by atoms with van der Waals surface area (Å²) >= 11 is 0. The second-order valence-electron chi connectivity index (χ2n) is 9.16. The summed E-state index contributed by atoms with van der Waals surface area (Å²) in [6.07, 6.45) is -3.45. The molecule has 2 aromatic heterocycles. The SMILES string of the molecule is Cc1ccc(-c2ccc3nc(NC(C)c4ccc(S(N)(=O)=O)cc4)nc(NCC(F)(F)F)c3n2)cc1S(C)(=O)=O. The molecule has 15 heteroatoms. The van der Waals surface area contributed by atoms with Crippen molar-refractivity contribution in [1.82, 2.24) is 15.0 Å². The van der Waals surface area contributed by atoms with Gasteiger partial charge < -0.3 is 10.6 Å². The fraction of sp³-hybridized carbons (Fsp3) is 0.240. The van der Waals surface area contributed by atoms with Crippen LogP contribution in [0, 0.1) is 6.92 Å². The van der Waals surface area contributed by atoms with Crippen LogP contribution in [0.5, 0.6) is 0 Å². The summed E-state index contributed by atoms with van der Waals surface area (Å²) in [7, 11) is -7.39. The molecule has 0 radical (unpaired) electrons. The average molecular weight is 595 g/mol. The van der Waals surface area contributed by atoms with Crippen LogP contribution in [-0.4, -0.2) is 50.8 Å². The Balaban J connectivity index is 1.74. The van der Waals surface area contributed by atoms with E-state index >= 15 is 0 Å². The number of primary sulfonamides is 1. The van der Waals surface area contributed by atoms with E-state index in [-0.39, 0.29) is 32.6 Å². The van der Waals surface area contributed by atoms with Crippen molar-refractivity contribution in [3.8, 4) is 11.3 Å². The van der Waals surface area contributed by atoms with Gasteiger partial charge in [-0.1, -0.05) is 24.3 Å². The van der Waals surface area contributed by atoms with Gasteiger partial charge in [-0.15, -0.1) is 0 Å². The van der Waals surface area contributed by atoms with Crippen LogP contribution in [0.2, 0.25) is 0 Å². The minimum Gasteiger partial charge on any atom is -0.359 e. The number of rotatable bonds is 8. The lowest BCUT2D eigenvalue weighted by atomic mass is 10.1. The van der Waals surface area contributed by atoms with Crippen LogP contribution in [0.15, 0.2) is 64.4 Å². The van der Waals surface area contributed by atoms with E-state index in [1.54, 1.807) is 50.2 Å². The molecule has 0 fully saturated rings. The molecule has 0 spiro atoms. The number of hydrogen-bond acceptors (Lipinski definition) is 9. The van der Waals surface area contributed by atoms with Crippen LogP contribution in [0.25, 0.3) is 22.3 Å². The number of pyridine rings is 1. The van der Waals surface area contributed by atoms with Crippen LogP contribution in [-0.2, 0) is 19.9 Å². The Hall–Kier alpha value is -3.82. The number of anilines is 2. The first-order valence-corrected chi connectivity index (χ1v) is 15.1. The maximum Gasteiger partial charge on any atom is 0.405 e. The number of aryl methyl sites for hydroxylation is 1. The predicted octanol–water partition coefficient (Wildman–Crippen LogP) is 4.20. The zero-order valence-corrected chi connectivity index (χ0v) is 23.1. The van der Waals surface area contributed by atoms with Crippen LogP contribution in [0.3, 0.4) is 0 Å². The first kappa shape index (κ1) is 29.2. The van der Waals surface area contributed by atoms with Crippen molar-refractivity contribution in [2.75, 3.05) is 23.4 Å². The lowest BCUT2D eigenvalue weighted by Gasteiger charge is -2.17. The second-order valence-corrected chi connectivity index (χ2v) is 12.7. The molecule has 4 rings (SSSR count). The Bertz CT molecular complexity index is 1800. The second kappa shape index (κ2) is 10.6. The molecule has 2 heterocycles. The van der Waals surface area contributed by atoms with Crippen LogP contribution in [0.4, 0.5) is 24.9 Å². The molecule has 0 bridgehead atoms.